The van der Waals surface area contributed by atoms with E-state index >= 15 is 0 Å². The first-order chi connectivity index (χ1) is 20.6. The Kier molecular flexibility index (Phi) is 8.73. The van der Waals surface area contributed by atoms with E-state index in [1.165, 1.54) is 13.7 Å². The zero-order valence-electron chi connectivity index (χ0n) is 28.2. The van der Waals surface area contributed by atoms with E-state index in [0.29, 0.717) is 38.5 Å². The average Bonchev–Trinajstić information content (AvgIpc) is 2.80. The molecule has 3 aliphatic carbocycles. The Morgan fingerprint density at radius 2 is 0.689 bits per heavy atom. The maximum atomic E-state index is 14.6. The van der Waals surface area contributed by atoms with Gasteiger partial charge in [-0.15, -0.1) is 0 Å². The molecule has 246 valence electrons. The van der Waals surface area contributed by atoms with E-state index in [-0.39, 0.29) is 35.5 Å². The predicted octanol–water partition coefficient (Wildman–Crippen LogP) is 4.71. The SMILES string of the molecule is CC1(C)CC(n2c(=O)n(C3CC(C)(C)CC(C)(N=C=O)C3)c(=O)n(C3CC(C)(C)CC(C)(N=C=O)C3)c2=O)CC(C)(N=C=O)C1. The topological polar surface area (TPSA) is 154 Å². The minimum atomic E-state index is -0.861. The summed E-state index contributed by atoms with van der Waals surface area (Å²) in [6.45, 7) is 17.5. The van der Waals surface area contributed by atoms with E-state index in [2.05, 4.69) is 15.0 Å². The van der Waals surface area contributed by atoms with Crippen molar-refractivity contribution in [3.05, 3.63) is 31.5 Å². The number of hydrogen-bond donors (Lipinski definition) is 0. The first-order valence-corrected chi connectivity index (χ1v) is 15.9. The summed E-state index contributed by atoms with van der Waals surface area (Å²) in [5.74, 6) is 0. The van der Waals surface area contributed by atoms with Gasteiger partial charge in [0, 0.05) is 18.1 Å². The summed E-state index contributed by atoms with van der Waals surface area (Å²) in [6.07, 6.45) is 8.81. The Morgan fingerprint density at radius 1 is 0.467 bits per heavy atom. The monoisotopic (exact) mass is 624 g/mol. The van der Waals surface area contributed by atoms with Gasteiger partial charge >= 0.3 is 17.1 Å². The van der Waals surface area contributed by atoms with Gasteiger partial charge in [-0.1, -0.05) is 41.5 Å². The molecule has 0 bridgehead atoms. The van der Waals surface area contributed by atoms with Gasteiger partial charge in [0.05, 0.1) is 16.6 Å². The minimum Gasteiger partial charge on any atom is -0.247 e. The van der Waals surface area contributed by atoms with Crippen molar-refractivity contribution < 1.29 is 14.4 Å². The lowest BCUT2D eigenvalue weighted by molar-refractivity contribution is 0.0834. The van der Waals surface area contributed by atoms with Crippen LogP contribution in [0.3, 0.4) is 0 Å². The Bertz CT molecular complexity index is 1460. The third-order valence-corrected chi connectivity index (χ3v) is 10.2. The van der Waals surface area contributed by atoms with Gasteiger partial charge in [0.2, 0.25) is 18.2 Å². The lowest BCUT2D eigenvalue weighted by atomic mass is 9.66. The number of aromatic nitrogens is 3. The van der Waals surface area contributed by atoms with Crippen molar-refractivity contribution >= 4 is 18.2 Å². The molecule has 3 saturated carbocycles. The lowest BCUT2D eigenvalue weighted by Gasteiger charge is -2.46. The number of nitrogens with zero attached hydrogens (tertiary/aromatic N) is 6. The van der Waals surface area contributed by atoms with E-state index in [1.54, 1.807) is 18.2 Å². The van der Waals surface area contributed by atoms with Crippen LogP contribution in [-0.4, -0.2) is 48.6 Å². The summed E-state index contributed by atoms with van der Waals surface area (Å²) in [6, 6.07) is -1.96. The van der Waals surface area contributed by atoms with Crippen LogP contribution in [-0.2, 0) is 14.4 Å². The van der Waals surface area contributed by atoms with Crippen molar-refractivity contribution in [2.24, 2.45) is 31.2 Å². The molecule has 12 nitrogen and oxygen atoms in total. The number of rotatable bonds is 6. The fourth-order valence-electron chi connectivity index (χ4n) is 9.84. The molecule has 0 N–H and O–H groups in total. The second-order valence-electron chi connectivity index (χ2n) is 17.3. The summed E-state index contributed by atoms with van der Waals surface area (Å²) in [4.78, 5) is 90.4. The maximum Gasteiger partial charge on any atom is 0.336 e. The predicted molar refractivity (Wildman–Crippen MR) is 169 cm³/mol. The summed E-state index contributed by atoms with van der Waals surface area (Å²) in [5.41, 5.74) is -5.89. The van der Waals surface area contributed by atoms with Gasteiger partial charge in [-0.2, -0.15) is 15.0 Å². The quantitative estimate of drug-likeness (QED) is 0.330. The van der Waals surface area contributed by atoms with Crippen LogP contribution in [0.1, 0.15) is 138 Å². The zero-order valence-corrected chi connectivity index (χ0v) is 28.2. The standard InChI is InChI=1S/C33H48N6O6/c1-28(2)10-22(13-31(7,16-28)34-19-40)37-25(43)38(23-11-29(3,4)17-32(8,14-23)35-20-41)27(45)39(26(37)44)24-12-30(5,6)18-33(9,15-24)36-21-42/h22-24H,10-18H2,1-9H3. The Morgan fingerprint density at radius 3 is 0.889 bits per heavy atom. The van der Waals surface area contributed by atoms with E-state index in [4.69, 9.17) is 0 Å². The van der Waals surface area contributed by atoms with Gasteiger partial charge in [-0.25, -0.2) is 42.5 Å². The second kappa shape index (κ2) is 11.4. The van der Waals surface area contributed by atoms with E-state index in [9.17, 15) is 28.8 Å². The van der Waals surface area contributed by atoms with Crippen molar-refractivity contribution in [2.75, 3.05) is 0 Å². The van der Waals surface area contributed by atoms with E-state index in [1.807, 2.05) is 62.3 Å². The Labute approximate surface area is 263 Å². The normalized spacial score (nSPS) is 35.3. The van der Waals surface area contributed by atoms with Crippen LogP contribution in [0.5, 0.6) is 0 Å². The largest absolute Gasteiger partial charge is 0.336 e. The molecule has 0 saturated heterocycles. The highest BCUT2D eigenvalue weighted by molar-refractivity contribution is 5.36. The smallest absolute Gasteiger partial charge is 0.247 e. The summed E-state index contributed by atoms with van der Waals surface area (Å²) in [5, 5.41) is 0. The summed E-state index contributed by atoms with van der Waals surface area (Å²) < 4.78 is 3.60. The van der Waals surface area contributed by atoms with Gasteiger partial charge in [0.1, 0.15) is 0 Å². The van der Waals surface area contributed by atoms with Crippen LogP contribution in [0.2, 0.25) is 0 Å². The van der Waals surface area contributed by atoms with Gasteiger partial charge < -0.3 is 0 Å². The van der Waals surface area contributed by atoms with Crippen LogP contribution < -0.4 is 17.1 Å². The first kappa shape index (κ1) is 34.4. The molecular formula is C33H48N6O6. The third kappa shape index (κ3) is 7.04. The second-order valence-corrected chi connectivity index (χ2v) is 17.3. The highest BCUT2D eigenvalue weighted by Gasteiger charge is 2.48. The number of hydrogen-bond acceptors (Lipinski definition) is 9. The minimum absolute atomic E-state index is 0.242. The van der Waals surface area contributed by atoms with Gasteiger partial charge in [-0.3, -0.25) is 0 Å². The van der Waals surface area contributed by atoms with Gasteiger partial charge in [-0.05, 0) is 94.8 Å². The lowest BCUT2D eigenvalue weighted by Crippen LogP contribution is -2.60. The molecule has 0 radical (unpaired) electrons. The van der Waals surface area contributed by atoms with Crippen LogP contribution >= 0.6 is 0 Å². The molecule has 3 fully saturated rings. The molecule has 0 amide bonds. The highest BCUT2D eigenvalue weighted by Crippen LogP contribution is 2.50. The molecule has 12 heteroatoms. The van der Waals surface area contributed by atoms with Gasteiger partial charge in [0.25, 0.3) is 0 Å². The number of carbonyl (C=O) groups excluding carboxylic acids is 3. The number of aliphatic imine (C=N–C) groups is 3. The highest BCUT2D eigenvalue weighted by atomic mass is 16.2. The third-order valence-electron chi connectivity index (χ3n) is 10.2. The first-order valence-electron chi connectivity index (χ1n) is 15.9. The molecule has 1 heterocycles. The summed E-state index contributed by atoms with van der Waals surface area (Å²) >= 11 is 0. The van der Waals surface area contributed by atoms with Crippen molar-refractivity contribution in [3.8, 4) is 0 Å². The van der Waals surface area contributed by atoms with Gasteiger partial charge in [0.15, 0.2) is 0 Å². The fraction of sp³-hybridized carbons (Fsp3) is 0.818. The molecule has 4 rings (SSSR count). The number of isocyanates is 3. The van der Waals surface area contributed by atoms with Crippen molar-refractivity contribution in [1.29, 1.82) is 0 Å². The molecule has 1 aromatic heterocycles. The molecule has 0 spiro atoms. The van der Waals surface area contributed by atoms with E-state index < -0.39 is 51.8 Å². The Hall–Kier alpha value is -3.45. The van der Waals surface area contributed by atoms with Crippen molar-refractivity contribution in [1.82, 2.24) is 13.7 Å². The molecule has 6 atom stereocenters. The van der Waals surface area contributed by atoms with Crippen LogP contribution in [0.15, 0.2) is 29.4 Å². The average molecular weight is 625 g/mol. The molecule has 6 unspecified atom stereocenters. The van der Waals surface area contributed by atoms with Crippen molar-refractivity contribution in [2.45, 2.75) is 155 Å². The summed E-state index contributed by atoms with van der Waals surface area (Å²) in [7, 11) is 0. The molecule has 3 aliphatic rings. The van der Waals surface area contributed by atoms with E-state index in [0.717, 1.165) is 0 Å². The zero-order chi connectivity index (χ0) is 33.8. The molecule has 45 heavy (non-hydrogen) atoms. The Balaban J connectivity index is 2.05. The van der Waals surface area contributed by atoms with Crippen molar-refractivity contribution in [3.63, 3.8) is 0 Å². The molecule has 0 aliphatic heterocycles. The molecule has 1 aromatic rings. The molecular weight excluding hydrogens is 576 g/mol. The maximum absolute atomic E-state index is 14.6. The van der Waals surface area contributed by atoms with Crippen LogP contribution in [0.4, 0.5) is 0 Å². The van der Waals surface area contributed by atoms with Crippen LogP contribution in [0, 0.1) is 16.2 Å². The molecule has 0 aromatic carbocycles. The fourth-order valence-corrected chi connectivity index (χ4v) is 9.84. The van der Waals surface area contributed by atoms with Crippen LogP contribution in [0.25, 0.3) is 0 Å².